The predicted octanol–water partition coefficient (Wildman–Crippen LogP) is 10.8. The van der Waals surface area contributed by atoms with Gasteiger partial charge in [-0.15, -0.1) is 0 Å². The summed E-state index contributed by atoms with van der Waals surface area (Å²) in [4.78, 5) is 15.2. The molecule has 0 aromatic carbocycles. The average molecular weight is 639 g/mol. The predicted molar refractivity (Wildman–Crippen MR) is 207 cm³/mol. The normalized spacial score (nSPS) is 34.4. The molecule has 4 nitrogen and oxygen atoms in total. The molecule has 3 aliphatic carbocycles. The molecule has 5 atom stereocenters. The Balaban J connectivity index is 1.25. The van der Waals surface area contributed by atoms with Gasteiger partial charge in [0.15, 0.2) is 0 Å². The molecule has 0 fully saturated rings. The van der Waals surface area contributed by atoms with Gasteiger partial charge in [0.05, 0.1) is 30.1 Å². The Morgan fingerprint density at radius 2 is 1.92 bits per heavy atom. The third kappa shape index (κ3) is 8.56. The van der Waals surface area contributed by atoms with Crippen molar-refractivity contribution in [2.75, 3.05) is 6.54 Å². The molecule has 3 aliphatic heterocycles. The standard InChI is InChI=1S/C44H54N4/c1-4-5-13-31(2)34-15-8-9-23-46-30-40-26-33(24-34)25-38(29-47-40)35-16-11-17-36(27-35)43-22-12-19-39(48-43)28-37-18-10-14-32(3)44(37)41-20-6-7-21-42(41)45/h7-10,12-13,16,18-19,21,23-24,27-29,32-33,38,40,43,45H,4-6,11,14-15,17,20,22,25-26,30H2,1-3H3/b9-8-,31-13+,34-24+,37-28+,44-41-,45-42?,46-23-/t32-,33?,38-,40?,43-/m0/s1. The van der Waals surface area contributed by atoms with E-state index in [1.165, 1.54) is 45.4 Å². The number of aliphatic imine (C=N–C) groups is 3. The van der Waals surface area contributed by atoms with Gasteiger partial charge in [-0.05, 0) is 141 Å². The highest BCUT2D eigenvalue weighted by Gasteiger charge is 2.27. The number of allylic oxidation sites excluding steroid dienone is 18. The van der Waals surface area contributed by atoms with Crippen LogP contribution in [0.4, 0.5) is 0 Å². The third-order valence-electron chi connectivity index (χ3n) is 10.6. The number of dihydropyridines is 1. The zero-order chi connectivity index (χ0) is 33.3. The lowest BCUT2D eigenvalue weighted by atomic mass is 9.79. The lowest BCUT2D eigenvalue weighted by Gasteiger charge is -2.27. The Labute approximate surface area is 289 Å². The molecule has 0 radical (unpaired) electrons. The SMILES string of the molecule is CCC/C=C(C)/C1=C/C2CC(C/N=C\C=C/C1)N=C[C@@H](C1=CCCC([C@@H]3CC=CC(/C=C4\C=CC[C@H](C)\C4=C4/CCC=CC4=N)=N3)=C1)C2. The van der Waals surface area contributed by atoms with E-state index in [9.17, 15) is 0 Å². The molecule has 0 spiro atoms. The maximum atomic E-state index is 8.63. The van der Waals surface area contributed by atoms with Gasteiger partial charge in [0, 0.05) is 18.3 Å². The first-order valence-electron chi connectivity index (χ1n) is 18.6. The first-order chi connectivity index (χ1) is 23.5. The Morgan fingerprint density at radius 1 is 1.02 bits per heavy atom. The molecule has 3 heterocycles. The summed E-state index contributed by atoms with van der Waals surface area (Å²) in [6.07, 6.45) is 45.4. The number of fused-ring (bicyclic) bond motifs is 2. The van der Waals surface area contributed by atoms with Gasteiger partial charge in [0.2, 0.25) is 0 Å². The first kappa shape index (κ1) is 34.0. The van der Waals surface area contributed by atoms with Gasteiger partial charge in [-0.1, -0.05) is 80.5 Å². The Morgan fingerprint density at radius 3 is 2.79 bits per heavy atom. The van der Waals surface area contributed by atoms with Crippen molar-refractivity contribution in [3.8, 4) is 0 Å². The van der Waals surface area contributed by atoms with Gasteiger partial charge in [-0.25, -0.2) is 0 Å². The second-order valence-corrected chi connectivity index (χ2v) is 14.4. The van der Waals surface area contributed by atoms with Crippen LogP contribution >= 0.6 is 0 Å². The summed E-state index contributed by atoms with van der Waals surface area (Å²) in [5.41, 5.74) is 11.2. The first-order valence-corrected chi connectivity index (χ1v) is 18.6. The summed E-state index contributed by atoms with van der Waals surface area (Å²) in [6.45, 7) is 7.59. The van der Waals surface area contributed by atoms with E-state index in [0.29, 0.717) is 23.5 Å². The van der Waals surface area contributed by atoms with Crippen molar-refractivity contribution < 1.29 is 0 Å². The van der Waals surface area contributed by atoms with E-state index in [1.54, 1.807) is 0 Å². The van der Waals surface area contributed by atoms with Gasteiger partial charge >= 0.3 is 0 Å². The quantitative estimate of drug-likeness (QED) is 0.301. The van der Waals surface area contributed by atoms with E-state index in [2.05, 4.69) is 99.9 Å². The number of hydrogen-bond donors (Lipinski definition) is 1. The fraction of sp³-hybridized carbons (Fsp3) is 0.455. The fourth-order valence-electron chi connectivity index (χ4n) is 8.01. The monoisotopic (exact) mass is 638 g/mol. The molecule has 0 aromatic rings. The lowest BCUT2D eigenvalue weighted by Crippen LogP contribution is -2.18. The summed E-state index contributed by atoms with van der Waals surface area (Å²) in [6, 6.07) is 0.395. The molecule has 6 aliphatic rings. The van der Waals surface area contributed by atoms with E-state index in [4.69, 9.17) is 20.4 Å². The van der Waals surface area contributed by atoms with E-state index >= 15 is 0 Å². The Bertz CT molecular complexity index is 1640. The zero-order valence-electron chi connectivity index (χ0n) is 29.4. The minimum atomic E-state index is 0.172. The van der Waals surface area contributed by atoms with Gasteiger partial charge in [0.1, 0.15) is 0 Å². The van der Waals surface area contributed by atoms with Crippen molar-refractivity contribution >= 4 is 23.9 Å². The van der Waals surface area contributed by atoms with Gasteiger partial charge < -0.3 is 5.41 Å². The van der Waals surface area contributed by atoms with E-state index < -0.39 is 0 Å². The van der Waals surface area contributed by atoms with Crippen LogP contribution in [0.3, 0.4) is 0 Å². The average Bonchev–Trinajstić information content (AvgIpc) is 3.33. The molecule has 1 N–H and O–H groups in total. The minimum absolute atomic E-state index is 0.172. The smallest absolute Gasteiger partial charge is 0.0754 e. The van der Waals surface area contributed by atoms with Gasteiger partial charge in [-0.3, -0.25) is 15.0 Å². The molecule has 250 valence electrons. The fourth-order valence-corrected chi connectivity index (χ4v) is 8.01. The molecule has 2 bridgehead atoms. The molecular weight excluding hydrogens is 585 g/mol. The Hall–Kier alpha value is -3.92. The second kappa shape index (κ2) is 16.5. The van der Waals surface area contributed by atoms with Crippen molar-refractivity contribution in [2.45, 2.75) is 103 Å². The molecule has 0 amide bonds. The largest absolute Gasteiger partial charge is 0.301 e. The summed E-state index contributed by atoms with van der Waals surface area (Å²) < 4.78 is 0. The van der Waals surface area contributed by atoms with Crippen LogP contribution in [0, 0.1) is 23.2 Å². The van der Waals surface area contributed by atoms with Crippen molar-refractivity contribution in [3.63, 3.8) is 0 Å². The van der Waals surface area contributed by atoms with Crippen LogP contribution in [0.1, 0.15) is 91.4 Å². The summed E-state index contributed by atoms with van der Waals surface area (Å²) in [5.74, 6) is 1.19. The third-order valence-corrected chi connectivity index (χ3v) is 10.6. The van der Waals surface area contributed by atoms with Gasteiger partial charge in [0.25, 0.3) is 0 Å². The van der Waals surface area contributed by atoms with Crippen LogP contribution < -0.4 is 0 Å². The van der Waals surface area contributed by atoms with Crippen molar-refractivity contribution in [3.05, 3.63) is 118 Å². The van der Waals surface area contributed by atoms with E-state index in [0.717, 1.165) is 76.5 Å². The van der Waals surface area contributed by atoms with Crippen LogP contribution in [-0.4, -0.2) is 42.5 Å². The summed E-state index contributed by atoms with van der Waals surface area (Å²) in [7, 11) is 0. The number of hydrogen-bond acceptors (Lipinski definition) is 4. The molecule has 4 heteroatoms. The topological polar surface area (TPSA) is 60.9 Å². The van der Waals surface area contributed by atoms with Crippen LogP contribution in [0.25, 0.3) is 0 Å². The summed E-state index contributed by atoms with van der Waals surface area (Å²) >= 11 is 0. The van der Waals surface area contributed by atoms with Crippen LogP contribution in [0.5, 0.6) is 0 Å². The molecule has 0 saturated heterocycles. The number of nitrogens with one attached hydrogen (secondary N) is 1. The Kier molecular flexibility index (Phi) is 11.6. The van der Waals surface area contributed by atoms with E-state index in [1.807, 2.05) is 12.3 Å². The van der Waals surface area contributed by atoms with E-state index in [-0.39, 0.29) is 12.1 Å². The van der Waals surface area contributed by atoms with Crippen LogP contribution in [-0.2, 0) is 0 Å². The maximum Gasteiger partial charge on any atom is 0.0754 e. The molecular formula is C44H54N4. The molecule has 0 saturated carbocycles. The van der Waals surface area contributed by atoms with Crippen LogP contribution in [0.2, 0.25) is 0 Å². The zero-order valence-corrected chi connectivity index (χ0v) is 29.4. The number of rotatable bonds is 6. The minimum Gasteiger partial charge on any atom is -0.301 e. The molecule has 6 rings (SSSR count). The highest BCUT2D eigenvalue weighted by atomic mass is 14.9. The lowest BCUT2D eigenvalue weighted by molar-refractivity contribution is 0.478. The van der Waals surface area contributed by atoms with Crippen molar-refractivity contribution in [2.24, 2.45) is 32.7 Å². The number of unbranched alkanes of at least 4 members (excludes halogenated alkanes) is 1. The molecule has 48 heavy (non-hydrogen) atoms. The number of nitrogens with zero attached hydrogens (tertiary/aromatic N) is 3. The molecule has 0 aromatic heterocycles. The second-order valence-electron chi connectivity index (χ2n) is 14.4. The van der Waals surface area contributed by atoms with Crippen LogP contribution in [0.15, 0.2) is 133 Å². The maximum absolute atomic E-state index is 8.63. The van der Waals surface area contributed by atoms with Gasteiger partial charge in [-0.2, -0.15) is 0 Å². The van der Waals surface area contributed by atoms with Crippen molar-refractivity contribution in [1.82, 2.24) is 0 Å². The summed E-state index contributed by atoms with van der Waals surface area (Å²) in [5, 5.41) is 8.63. The molecule has 2 unspecified atom stereocenters. The van der Waals surface area contributed by atoms with Crippen molar-refractivity contribution in [1.29, 1.82) is 5.41 Å². The highest BCUT2D eigenvalue weighted by molar-refractivity contribution is 6.09. The highest BCUT2D eigenvalue weighted by Crippen LogP contribution is 2.37.